The van der Waals surface area contributed by atoms with Crippen LogP contribution in [0.15, 0.2) is 0 Å². The normalized spacial score (nSPS) is 17.4. The van der Waals surface area contributed by atoms with Crippen LogP contribution in [0.1, 0.15) is 26.7 Å². The number of rotatable bonds is 5. The highest BCUT2D eigenvalue weighted by atomic mass is 16.4. The van der Waals surface area contributed by atoms with E-state index < -0.39 is 24.5 Å². The summed E-state index contributed by atoms with van der Waals surface area (Å²) < 4.78 is 0. The Labute approximate surface area is 100.0 Å². The lowest BCUT2D eigenvalue weighted by Crippen LogP contribution is -2.51. The van der Waals surface area contributed by atoms with Gasteiger partial charge in [-0.25, -0.2) is 0 Å². The summed E-state index contributed by atoms with van der Waals surface area (Å²) in [7, 11) is 0. The van der Waals surface area contributed by atoms with Crippen LogP contribution < -0.4 is 5.32 Å². The first-order chi connectivity index (χ1) is 7.93. The van der Waals surface area contributed by atoms with Crippen molar-refractivity contribution in [3.05, 3.63) is 0 Å². The maximum atomic E-state index is 11.9. The maximum Gasteiger partial charge on any atom is 0.322 e. The smallest absolute Gasteiger partial charge is 0.322 e. The summed E-state index contributed by atoms with van der Waals surface area (Å²) in [5.41, 5.74) is 0. The fourth-order valence-corrected chi connectivity index (χ4v) is 2.03. The van der Waals surface area contributed by atoms with E-state index in [4.69, 9.17) is 5.11 Å². The molecule has 6 nitrogen and oxygen atoms in total. The molecule has 0 bridgehead atoms. The summed E-state index contributed by atoms with van der Waals surface area (Å²) in [6.07, 6.45) is 1.23. The number of carboxylic acids is 1. The Hall–Kier alpha value is -1.59. The Morgan fingerprint density at radius 2 is 2.12 bits per heavy atom. The summed E-state index contributed by atoms with van der Waals surface area (Å²) >= 11 is 0. The van der Waals surface area contributed by atoms with Crippen LogP contribution in [0.2, 0.25) is 0 Å². The van der Waals surface area contributed by atoms with Gasteiger partial charge in [0.25, 0.3) is 0 Å². The lowest BCUT2D eigenvalue weighted by Gasteiger charge is -2.29. The second-order valence-electron chi connectivity index (χ2n) is 4.49. The van der Waals surface area contributed by atoms with Crippen molar-refractivity contribution in [2.45, 2.75) is 32.7 Å². The van der Waals surface area contributed by atoms with E-state index in [1.165, 1.54) is 0 Å². The molecule has 17 heavy (non-hydrogen) atoms. The molecule has 2 N–H and O–H groups in total. The van der Waals surface area contributed by atoms with Crippen molar-refractivity contribution in [1.82, 2.24) is 10.2 Å². The minimum atomic E-state index is -1.09. The Kier molecular flexibility index (Phi) is 4.48. The number of likely N-dealkylation sites (tertiary alicyclic amines) is 1. The van der Waals surface area contributed by atoms with E-state index >= 15 is 0 Å². The summed E-state index contributed by atoms with van der Waals surface area (Å²) in [6.45, 7) is 3.85. The van der Waals surface area contributed by atoms with Gasteiger partial charge in [-0.05, 0) is 12.3 Å². The van der Waals surface area contributed by atoms with Gasteiger partial charge in [0.05, 0.1) is 0 Å². The Morgan fingerprint density at radius 3 is 2.53 bits per heavy atom. The van der Waals surface area contributed by atoms with E-state index in [-0.39, 0.29) is 11.8 Å². The standard InChI is InChI=1S/C11H18N2O4/c1-7(2)10(11(17)12-6-9(15)16)13-5-3-4-8(13)14/h7,10H,3-6H2,1-2H3,(H,12,17)(H,15,16)/t10-/m0/s1. The number of hydrogen-bond acceptors (Lipinski definition) is 3. The first kappa shape index (κ1) is 13.5. The van der Waals surface area contributed by atoms with Gasteiger partial charge in [-0.3, -0.25) is 14.4 Å². The zero-order chi connectivity index (χ0) is 13.0. The topological polar surface area (TPSA) is 86.7 Å². The lowest BCUT2D eigenvalue weighted by molar-refractivity contribution is -0.141. The molecule has 1 aliphatic heterocycles. The van der Waals surface area contributed by atoms with Gasteiger partial charge in [-0.1, -0.05) is 13.8 Å². The molecule has 1 heterocycles. The molecule has 96 valence electrons. The predicted octanol–water partition coefficient (Wildman–Crippen LogP) is -0.166. The Morgan fingerprint density at radius 1 is 1.47 bits per heavy atom. The van der Waals surface area contributed by atoms with Crippen molar-refractivity contribution in [2.75, 3.05) is 13.1 Å². The number of carbonyl (C=O) groups excluding carboxylic acids is 2. The highest BCUT2D eigenvalue weighted by Gasteiger charge is 2.34. The van der Waals surface area contributed by atoms with Gasteiger partial charge in [0, 0.05) is 13.0 Å². The number of amides is 2. The summed E-state index contributed by atoms with van der Waals surface area (Å²) in [5, 5.41) is 10.8. The molecular weight excluding hydrogens is 224 g/mol. The molecule has 0 aromatic carbocycles. The van der Waals surface area contributed by atoms with E-state index in [0.29, 0.717) is 13.0 Å². The molecule has 1 aliphatic rings. The van der Waals surface area contributed by atoms with Gasteiger partial charge < -0.3 is 15.3 Å². The molecule has 1 rings (SSSR count). The van der Waals surface area contributed by atoms with Gasteiger partial charge in [-0.2, -0.15) is 0 Å². The first-order valence-electron chi connectivity index (χ1n) is 5.72. The quantitative estimate of drug-likeness (QED) is 0.701. The van der Waals surface area contributed by atoms with Crippen molar-refractivity contribution in [3.63, 3.8) is 0 Å². The predicted molar refractivity (Wildman–Crippen MR) is 60.2 cm³/mol. The molecular formula is C11H18N2O4. The molecule has 0 spiro atoms. The van der Waals surface area contributed by atoms with Crippen LogP contribution in [0.3, 0.4) is 0 Å². The van der Waals surface area contributed by atoms with Crippen LogP contribution in [0.5, 0.6) is 0 Å². The number of carbonyl (C=O) groups is 3. The monoisotopic (exact) mass is 242 g/mol. The van der Waals surface area contributed by atoms with Gasteiger partial charge in [0.2, 0.25) is 11.8 Å². The van der Waals surface area contributed by atoms with Crippen LogP contribution >= 0.6 is 0 Å². The minimum Gasteiger partial charge on any atom is -0.480 e. The van der Waals surface area contributed by atoms with Gasteiger partial charge in [-0.15, -0.1) is 0 Å². The van der Waals surface area contributed by atoms with E-state index in [9.17, 15) is 14.4 Å². The van der Waals surface area contributed by atoms with Crippen molar-refractivity contribution in [1.29, 1.82) is 0 Å². The van der Waals surface area contributed by atoms with E-state index in [2.05, 4.69) is 5.32 Å². The molecule has 0 radical (unpaired) electrons. The average molecular weight is 242 g/mol. The van der Waals surface area contributed by atoms with Crippen molar-refractivity contribution in [2.24, 2.45) is 5.92 Å². The van der Waals surface area contributed by atoms with Crippen molar-refractivity contribution in [3.8, 4) is 0 Å². The maximum absolute atomic E-state index is 11.9. The number of aliphatic carboxylic acids is 1. The zero-order valence-electron chi connectivity index (χ0n) is 10.1. The average Bonchev–Trinajstić information content (AvgIpc) is 2.62. The van der Waals surface area contributed by atoms with Crippen LogP contribution in [0.25, 0.3) is 0 Å². The Bertz CT molecular complexity index is 327. The molecule has 6 heteroatoms. The SMILES string of the molecule is CC(C)[C@@H](C(=O)NCC(=O)O)N1CCCC1=O. The highest BCUT2D eigenvalue weighted by molar-refractivity contribution is 5.90. The fourth-order valence-electron chi connectivity index (χ4n) is 2.03. The molecule has 0 aromatic heterocycles. The van der Waals surface area contributed by atoms with E-state index in [1.54, 1.807) is 4.90 Å². The van der Waals surface area contributed by atoms with Crippen LogP contribution in [-0.4, -0.2) is 46.9 Å². The van der Waals surface area contributed by atoms with Crippen molar-refractivity contribution < 1.29 is 19.5 Å². The molecule has 0 unspecified atom stereocenters. The summed E-state index contributed by atoms with van der Waals surface area (Å²) in [6, 6.07) is -0.565. The van der Waals surface area contributed by atoms with E-state index in [0.717, 1.165) is 6.42 Å². The van der Waals surface area contributed by atoms with Crippen LogP contribution in [0, 0.1) is 5.92 Å². The second kappa shape index (κ2) is 5.65. The van der Waals surface area contributed by atoms with Crippen LogP contribution in [-0.2, 0) is 14.4 Å². The fraction of sp³-hybridized carbons (Fsp3) is 0.727. The molecule has 2 amide bonds. The number of nitrogens with zero attached hydrogens (tertiary/aromatic N) is 1. The zero-order valence-corrected chi connectivity index (χ0v) is 10.1. The third kappa shape index (κ3) is 3.44. The second-order valence-corrected chi connectivity index (χ2v) is 4.49. The highest BCUT2D eigenvalue weighted by Crippen LogP contribution is 2.19. The third-order valence-electron chi connectivity index (χ3n) is 2.76. The molecule has 1 saturated heterocycles. The molecule has 0 aliphatic carbocycles. The lowest BCUT2D eigenvalue weighted by atomic mass is 10.0. The molecule has 1 atom stereocenters. The molecule has 0 aromatic rings. The third-order valence-corrected chi connectivity index (χ3v) is 2.76. The van der Waals surface area contributed by atoms with Gasteiger partial charge in [0.1, 0.15) is 12.6 Å². The number of carboxylic acid groups (broad SMARTS) is 1. The van der Waals surface area contributed by atoms with E-state index in [1.807, 2.05) is 13.8 Å². The van der Waals surface area contributed by atoms with Crippen molar-refractivity contribution >= 4 is 17.8 Å². The van der Waals surface area contributed by atoms with Crippen LogP contribution in [0.4, 0.5) is 0 Å². The Balaban J connectivity index is 2.68. The number of hydrogen-bond donors (Lipinski definition) is 2. The molecule has 1 fully saturated rings. The number of nitrogens with one attached hydrogen (secondary N) is 1. The molecule has 0 saturated carbocycles. The first-order valence-corrected chi connectivity index (χ1v) is 5.72. The van der Waals surface area contributed by atoms with Gasteiger partial charge >= 0.3 is 5.97 Å². The summed E-state index contributed by atoms with van der Waals surface area (Å²) in [4.78, 5) is 35.4. The largest absolute Gasteiger partial charge is 0.480 e. The summed E-state index contributed by atoms with van der Waals surface area (Å²) in [5.74, 6) is -1.55. The van der Waals surface area contributed by atoms with Gasteiger partial charge in [0.15, 0.2) is 0 Å². The minimum absolute atomic E-state index is 0.0332.